The SMILES string of the molecule is COC(=O)NOS(=O)O. The van der Waals surface area contributed by atoms with Gasteiger partial charge in [-0.15, -0.1) is 4.28 Å². The quantitative estimate of drug-likeness (QED) is 0.411. The topological polar surface area (TPSA) is 84.9 Å². The lowest BCUT2D eigenvalue weighted by Crippen LogP contribution is -2.23. The molecular weight excluding hydrogens is 150 g/mol. The predicted molar refractivity (Wildman–Crippen MR) is 27.4 cm³/mol. The van der Waals surface area contributed by atoms with E-state index in [1.165, 1.54) is 5.48 Å². The number of methoxy groups -OCH3 is 1. The number of hydroxylamine groups is 1. The third-order valence-electron chi connectivity index (χ3n) is 0.382. The third-order valence-corrected chi connectivity index (χ3v) is 0.608. The van der Waals surface area contributed by atoms with E-state index in [1.54, 1.807) is 0 Å². The molecule has 0 bridgehead atoms. The molecule has 0 aromatic carbocycles. The van der Waals surface area contributed by atoms with Crippen molar-refractivity contribution in [3.05, 3.63) is 0 Å². The third kappa shape index (κ3) is 5.21. The second-order valence-corrected chi connectivity index (χ2v) is 1.49. The van der Waals surface area contributed by atoms with Crippen LogP contribution in [0.3, 0.4) is 0 Å². The molecule has 1 atom stereocenters. The molecule has 0 radical (unpaired) electrons. The van der Waals surface area contributed by atoms with Gasteiger partial charge in [-0.2, -0.15) is 9.69 Å². The molecule has 6 nitrogen and oxygen atoms in total. The summed E-state index contributed by atoms with van der Waals surface area (Å²) in [6, 6.07) is 0. The van der Waals surface area contributed by atoms with Crippen LogP contribution in [0.5, 0.6) is 0 Å². The molecule has 0 rings (SSSR count). The van der Waals surface area contributed by atoms with E-state index >= 15 is 0 Å². The molecule has 0 aliphatic heterocycles. The van der Waals surface area contributed by atoms with E-state index in [0.29, 0.717) is 0 Å². The standard InChI is InChI=1S/C2H5NO5S/c1-7-2(4)3-8-9(5)6/h1H3,(H,3,4)(H,5,6). The summed E-state index contributed by atoms with van der Waals surface area (Å²) in [6.07, 6.45) is -0.933. The first-order valence-corrected chi connectivity index (χ1v) is 2.82. The van der Waals surface area contributed by atoms with Crippen molar-refractivity contribution < 1.29 is 22.6 Å². The van der Waals surface area contributed by atoms with E-state index in [4.69, 9.17) is 4.55 Å². The molecule has 2 N–H and O–H groups in total. The summed E-state index contributed by atoms with van der Waals surface area (Å²) in [6.45, 7) is 0. The Bertz CT molecular complexity index is 124. The molecule has 0 aromatic heterocycles. The summed E-state index contributed by atoms with van der Waals surface area (Å²) < 4.78 is 25.2. The van der Waals surface area contributed by atoms with E-state index in [0.717, 1.165) is 7.11 Å². The van der Waals surface area contributed by atoms with E-state index < -0.39 is 17.5 Å². The number of hydrogen-bond acceptors (Lipinski definition) is 4. The minimum Gasteiger partial charge on any atom is -0.451 e. The Morgan fingerprint density at radius 2 is 2.33 bits per heavy atom. The molecule has 0 saturated heterocycles. The number of nitrogens with one attached hydrogen (secondary N) is 1. The Hall–Kier alpha value is -0.660. The maximum Gasteiger partial charge on any atom is 0.432 e. The highest BCUT2D eigenvalue weighted by atomic mass is 32.2. The van der Waals surface area contributed by atoms with Gasteiger partial charge >= 0.3 is 17.5 Å². The molecule has 0 aliphatic rings. The molecule has 0 heterocycles. The van der Waals surface area contributed by atoms with Gasteiger partial charge in [0.05, 0.1) is 7.11 Å². The Balaban J connectivity index is 3.28. The van der Waals surface area contributed by atoms with Gasteiger partial charge in [-0.1, -0.05) is 0 Å². The maximum atomic E-state index is 10.0. The van der Waals surface area contributed by atoms with E-state index in [9.17, 15) is 9.00 Å². The van der Waals surface area contributed by atoms with E-state index in [2.05, 4.69) is 9.02 Å². The van der Waals surface area contributed by atoms with Crippen molar-refractivity contribution in [2.24, 2.45) is 0 Å². The summed E-state index contributed by atoms with van der Waals surface area (Å²) in [5.41, 5.74) is 1.52. The van der Waals surface area contributed by atoms with Crippen LogP contribution in [-0.4, -0.2) is 22.0 Å². The molecule has 9 heavy (non-hydrogen) atoms. The molecule has 1 amide bonds. The summed E-state index contributed by atoms with van der Waals surface area (Å²) >= 11 is -2.50. The Kier molecular flexibility index (Phi) is 3.93. The minimum absolute atomic E-state index is 0.933. The highest BCUT2D eigenvalue weighted by molar-refractivity contribution is 7.74. The molecule has 54 valence electrons. The first-order chi connectivity index (χ1) is 4.16. The molecule has 0 spiro atoms. The molecule has 7 heteroatoms. The number of amides is 1. The number of ether oxygens (including phenoxy) is 1. The number of rotatable bonds is 2. The van der Waals surface area contributed by atoms with Crippen LogP contribution >= 0.6 is 0 Å². The van der Waals surface area contributed by atoms with Crippen molar-refractivity contribution >= 4 is 17.5 Å². The van der Waals surface area contributed by atoms with Crippen LogP contribution in [0, 0.1) is 0 Å². The van der Waals surface area contributed by atoms with Crippen molar-refractivity contribution in [2.75, 3.05) is 7.11 Å². The van der Waals surface area contributed by atoms with Crippen LogP contribution < -0.4 is 5.48 Å². The van der Waals surface area contributed by atoms with Crippen LogP contribution in [0.1, 0.15) is 0 Å². The molecule has 0 aromatic rings. The second kappa shape index (κ2) is 4.24. The summed E-state index contributed by atoms with van der Waals surface area (Å²) in [7, 11) is 1.10. The normalized spacial score (nSPS) is 12.2. The zero-order valence-electron chi connectivity index (χ0n) is 4.49. The lowest BCUT2D eigenvalue weighted by Gasteiger charge is -1.96. The van der Waals surface area contributed by atoms with Gasteiger partial charge in [0.15, 0.2) is 0 Å². The average Bonchev–Trinajstić information content (AvgIpc) is 1.83. The van der Waals surface area contributed by atoms with Crippen molar-refractivity contribution in [1.29, 1.82) is 0 Å². The van der Waals surface area contributed by atoms with Crippen LogP contribution in [0.4, 0.5) is 4.79 Å². The highest BCUT2D eigenvalue weighted by Gasteiger charge is 1.98. The Morgan fingerprint density at radius 3 is 2.67 bits per heavy atom. The summed E-state index contributed by atoms with van der Waals surface area (Å²) in [5.74, 6) is 0. The van der Waals surface area contributed by atoms with Crippen molar-refractivity contribution in [2.45, 2.75) is 0 Å². The predicted octanol–water partition coefficient (Wildman–Crippen LogP) is -0.589. The first-order valence-electron chi connectivity index (χ1n) is 1.79. The monoisotopic (exact) mass is 155 g/mol. The maximum absolute atomic E-state index is 10.0. The number of carbonyl (C=O) groups excluding carboxylic acids is 1. The van der Waals surface area contributed by atoms with E-state index in [-0.39, 0.29) is 0 Å². The Labute approximate surface area is 53.6 Å². The van der Waals surface area contributed by atoms with Crippen LogP contribution in [0.25, 0.3) is 0 Å². The van der Waals surface area contributed by atoms with Crippen molar-refractivity contribution in [1.82, 2.24) is 5.48 Å². The largest absolute Gasteiger partial charge is 0.451 e. The average molecular weight is 155 g/mol. The number of hydrogen-bond donors (Lipinski definition) is 2. The lowest BCUT2D eigenvalue weighted by molar-refractivity contribution is 0.120. The fourth-order valence-electron chi connectivity index (χ4n) is 0.111. The lowest BCUT2D eigenvalue weighted by atomic mass is 11.2. The van der Waals surface area contributed by atoms with Crippen molar-refractivity contribution in [3.8, 4) is 0 Å². The fourth-order valence-corrected chi connectivity index (χ4v) is 0.251. The van der Waals surface area contributed by atoms with Crippen LogP contribution in [0.2, 0.25) is 0 Å². The molecule has 0 saturated carbocycles. The second-order valence-electron chi connectivity index (χ2n) is 0.894. The fraction of sp³-hybridized carbons (Fsp3) is 0.500. The smallest absolute Gasteiger partial charge is 0.432 e. The van der Waals surface area contributed by atoms with Gasteiger partial charge in [-0.05, 0) is 0 Å². The van der Waals surface area contributed by atoms with Crippen LogP contribution in [0.15, 0.2) is 0 Å². The summed E-state index contributed by atoms with van der Waals surface area (Å²) in [4.78, 5) is 10.0. The van der Waals surface area contributed by atoms with Crippen LogP contribution in [-0.2, 0) is 20.4 Å². The van der Waals surface area contributed by atoms with Gasteiger partial charge in [0.2, 0.25) is 0 Å². The van der Waals surface area contributed by atoms with Gasteiger partial charge in [0.25, 0.3) is 0 Å². The van der Waals surface area contributed by atoms with Gasteiger partial charge in [-0.25, -0.2) is 4.79 Å². The molecule has 1 unspecified atom stereocenters. The van der Waals surface area contributed by atoms with Gasteiger partial charge in [0, 0.05) is 0 Å². The molecule has 0 aliphatic carbocycles. The Morgan fingerprint density at radius 1 is 1.78 bits per heavy atom. The molecule has 0 fully saturated rings. The summed E-state index contributed by atoms with van der Waals surface area (Å²) in [5, 5.41) is 0. The van der Waals surface area contributed by atoms with Crippen molar-refractivity contribution in [3.63, 3.8) is 0 Å². The van der Waals surface area contributed by atoms with Gasteiger partial charge < -0.3 is 4.74 Å². The van der Waals surface area contributed by atoms with Gasteiger partial charge in [-0.3, -0.25) is 4.55 Å². The zero-order chi connectivity index (χ0) is 7.28. The zero-order valence-corrected chi connectivity index (χ0v) is 5.30. The molecular formula is C2H5NO5S. The minimum atomic E-state index is -2.50. The number of carbonyl (C=O) groups is 1. The van der Waals surface area contributed by atoms with E-state index in [1.807, 2.05) is 0 Å². The van der Waals surface area contributed by atoms with Gasteiger partial charge in [0.1, 0.15) is 0 Å². The first kappa shape index (κ1) is 8.34. The highest BCUT2D eigenvalue weighted by Crippen LogP contribution is 1.74.